The summed E-state index contributed by atoms with van der Waals surface area (Å²) in [5, 5.41) is 7.31. The van der Waals surface area contributed by atoms with Crippen LogP contribution in [0.15, 0.2) is 65.2 Å². The molecule has 0 aliphatic carbocycles. The summed E-state index contributed by atoms with van der Waals surface area (Å²) in [5.41, 5.74) is 3.05. The molecule has 2 aromatic carbocycles. The number of anilines is 1. The van der Waals surface area contributed by atoms with Crippen molar-refractivity contribution in [1.29, 1.82) is 0 Å². The summed E-state index contributed by atoms with van der Waals surface area (Å²) >= 11 is 6.06. The molecule has 1 amide bonds. The van der Waals surface area contributed by atoms with Gasteiger partial charge in [0.1, 0.15) is 23.9 Å². The highest BCUT2D eigenvalue weighted by molar-refractivity contribution is 6.31. The molecule has 0 fully saturated rings. The minimum absolute atomic E-state index is 0.153. The van der Waals surface area contributed by atoms with Crippen LogP contribution in [0, 0.1) is 19.7 Å². The summed E-state index contributed by atoms with van der Waals surface area (Å²) in [6, 6.07) is 15.0. The van der Waals surface area contributed by atoms with Crippen LogP contribution in [0.5, 0.6) is 5.75 Å². The Bertz CT molecular complexity index is 1270. The predicted molar refractivity (Wildman–Crippen MR) is 120 cm³/mol. The van der Waals surface area contributed by atoms with Gasteiger partial charge in [0, 0.05) is 17.3 Å². The Kier molecular flexibility index (Phi) is 6.28. The van der Waals surface area contributed by atoms with Crippen LogP contribution in [0.2, 0.25) is 5.02 Å². The highest BCUT2D eigenvalue weighted by atomic mass is 35.5. The van der Waals surface area contributed by atoms with Crippen LogP contribution in [0.1, 0.15) is 33.0 Å². The van der Waals surface area contributed by atoms with Crippen molar-refractivity contribution in [3.8, 4) is 5.75 Å². The van der Waals surface area contributed by atoms with Crippen LogP contribution in [-0.2, 0) is 13.2 Å². The van der Waals surface area contributed by atoms with Crippen molar-refractivity contribution in [2.75, 3.05) is 5.32 Å². The number of aromatic nitrogens is 2. The molecule has 0 aliphatic heterocycles. The van der Waals surface area contributed by atoms with E-state index in [0.717, 1.165) is 11.3 Å². The number of nitrogens with one attached hydrogen (secondary N) is 1. The monoisotopic (exact) mass is 453 g/mol. The maximum atomic E-state index is 13.2. The number of carbonyl (C=O) groups is 1. The van der Waals surface area contributed by atoms with Crippen molar-refractivity contribution in [2.24, 2.45) is 0 Å². The molecule has 2 aromatic heterocycles. The minimum atomic E-state index is -0.424. The number of amides is 1. The standard InChI is InChI=1S/C24H21ClFN3O3/c1-15-3-6-19(11-16(15)2)31-14-20-7-8-22(32-20)24(30)27-23-9-10-29(28-23)13-17-4-5-18(26)12-21(17)25/h3-12H,13-14H2,1-2H3,(H,27,28,30). The SMILES string of the molecule is Cc1ccc(OCc2ccc(C(=O)Nc3ccn(Cc4ccc(F)cc4Cl)n3)o2)cc1C. The van der Waals surface area contributed by atoms with Crippen LogP contribution < -0.4 is 10.1 Å². The van der Waals surface area contributed by atoms with Crippen LogP contribution in [0.25, 0.3) is 0 Å². The van der Waals surface area contributed by atoms with Gasteiger partial charge in [0.25, 0.3) is 5.91 Å². The molecule has 0 bridgehead atoms. The molecule has 0 aliphatic rings. The smallest absolute Gasteiger partial charge is 0.292 e. The number of hydrogen-bond donors (Lipinski definition) is 1. The molecule has 4 aromatic rings. The number of aryl methyl sites for hydroxylation is 2. The first-order valence-electron chi connectivity index (χ1n) is 9.95. The second-order valence-electron chi connectivity index (χ2n) is 7.39. The van der Waals surface area contributed by atoms with Gasteiger partial charge in [-0.3, -0.25) is 9.48 Å². The fourth-order valence-corrected chi connectivity index (χ4v) is 3.28. The van der Waals surface area contributed by atoms with E-state index < -0.39 is 11.7 Å². The van der Waals surface area contributed by atoms with Crippen molar-refractivity contribution in [2.45, 2.75) is 27.0 Å². The molecule has 0 radical (unpaired) electrons. The lowest BCUT2D eigenvalue weighted by molar-refractivity contribution is 0.0992. The van der Waals surface area contributed by atoms with Crippen LogP contribution in [0.4, 0.5) is 10.2 Å². The van der Waals surface area contributed by atoms with Gasteiger partial charge in [0.05, 0.1) is 6.54 Å². The van der Waals surface area contributed by atoms with Gasteiger partial charge in [0.2, 0.25) is 0 Å². The number of furan rings is 1. The summed E-state index contributed by atoms with van der Waals surface area (Å²) in [4.78, 5) is 12.5. The van der Waals surface area contributed by atoms with E-state index in [4.69, 9.17) is 20.8 Å². The molecule has 0 atom stereocenters. The molecule has 0 saturated heterocycles. The van der Waals surface area contributed by atoms with Crippen molar-refractivity contribution < 1.29 is 18.3 Å². The van der Waals surface area contributed by atoms with E-state index in [1.807, 2.05) is 32.0 Å². The van der Waals surface area contributed by atoms with Gasteiger partial charge in [-0.2, -0.15) is 5.10 Å². The second-order valence-corrected chi connectivity index (χ2v) is 7.80. The molecule has 2 heterocycles. The van der Waals surface area contributed by atoms with Crippen molar-refractivity contribution in [1.82, 2.24) is 9.78 Å². The van der Waals surface area contributed by atoms with Gasteiger partial charge in [-0.05, 0) is 66.9 Å². The highest BCUT2D eigenvalue weighted by Crippen LogP contribution is 2.20. The maximum absolute atomic E-state index is 13.2. The zero-order valence-corrected chi connectivity index (χ0v) is 18.3. The number of ether oxygens (including phenoxy) is 1. The highest BCUT2D eigenvalue weighted by Gasteiger charge is 2.14. The summed E-state index contributed by atoms with van der Waals surface area (Å²) in [7, 11) is 0. The third-order valence-corrected chi connectivity index (χ3v) is 5.33. The van der Waals surface area contributed by atoms with E-state index in [9.17, 15) is 9.18 Å². The first-order chi connectivity index (χ1) is 15.4. The molecule has 1 N–H and O–H groups in total. The number of carbonyl (C=O) groups excluding carboxylic acids is 1. The molecule has 0 saturated carbocycles. The lowest BCUT2D eigenvalue weighted by atomic mass is 10.1. The third kappa shape index (κ3) is 5.18. The van der Waals surface area contributed by atoms with Gasteiger partial charge in [-0.1, -0.05) is 23.7 Å². The summed E-state index contributed by atoms with van der Waals surface area (Å²) in [6.07, 6.45) is 1.69. The van der Waals surface area contributed by atoms with Crippen LogP contribution in [-0.4, -0.2) is 15.7 Å². The molecule has 6 nitrogen and oxygen atoms in total. The van der Waals surface area contributed by atoms with Gasteiger partial charge in [-0.15, -0.1) is 0 Å². The number of nitrogens with zero attached hydrogens (tertiary/aromatic N) is 2. The predicted octanol–water partition coefficient (Wildman–Crippen LogP) is 5.77. The molecule has 8 heteroatoms. The topological polar surface area (TPSA) is 69.3 Å². The molecule has 4 rings (SSSR count). The zero-order valence-electron chi connectivity index (χ0n) is 17.6. The zero-order chi connectivity index (χ0) is 22.7. The van der Waals surface area contributed by atoms with Crippen molar-refractivity contribution in [3.05, 3.63) is 99.8 Å². The summed E-state index contributed by atoms with van der Waals surface area (Å²) in [5.74, 6) is 0.960. The molecular weight excluding hydrogens is 433 g/mol. The van der Waals surface area contributed by atoms with E-state index in [1.54, 1.807) is 35.1 Å². The minimum Gasteiger partial charge on any atom is -0.486 e. The van der Waals surface area contributed by atoms with Gasteiger partial charge < -0.3 is 14.5 Å². The van der Waals surface area contributed by atoms with E-state index in [1.165, 1.54) is 17.7 Å². The third-order valence-electron chi connectivity index (χ3n) is 4.97. The van der Waals surface area contributed by atoms with Crippen molar-refractivity contribution >= 4 is 23.3 Å². The van der Waals surface area contributed by atoms with Gasteiger partial charge in [0.15, 0.2) is 11.6 Å². The molecule has 0 unspecified atom stereocenters. The van der Waals surface area contributed by atoms with E-state index >= 15 is 0 Å². The number of halogens is 2. The Balaban J connectivity index is 1.34. The average molecular weight is 454 g/mol. The number of benzene rings is 2. The van der Waals surface area contributed by atoms with Gasteiger partial charge in [-0.25, -0.2) is 4.39 Å². The van der Waals surface area contributed by atoms with Crippen LogP contribution >= 0.6 is 11.6 Å². The molecule has 164 valence electrons. The van der Waals surface area contributed by atoms with E-state index in [-0.39, 0.29) is 12.4 Å². The Labute approximate surface area is 189 Å². The molecule has 32 heavy (non-hydrogen) atoms. The summed E-state index contributed by atoms with van der Waals surface area (Å²) in [6.45, 7) is 4.61. The molecular formula is C24H21ClFN3O3. The first kappa shape index (κ1) is 21.6. The van der Waals surface area contributed by atoms with Crippen molar-refractivity contribution in [3.63, 3.8) is 0 Å². The lowest BCUT2D eigenvalue weighted by Gasteiger charge is -2.07. The maximum Gasteiger partial charge on any atom is 0.292 e. The number of hydrogen-bond acceptors (Lipinski definition) is 4. The lowest BCUT2D eigenvalue weighted by Crippen LogP contribution is -2.12. The fourth-order valence-electron chi connectivity index (χ4n) is 3.05. The molecule has 0 spiro atoms. The quantitative estimate of drug-likeness (QED) is 0.386. The van der Waals surface area contributed by atoms with Crippen LogP contribution in [0.3, 0.4) is 0 Å². The Morgan fingerprint density at radius 1 is 1.12 bits per heavy atom. The average Bonchev–Trinajstić information content (AvgIpc) is 3.40. The Hall–Kier alpha value is -3.58. The normalized spacial score (nSPS) is 10.9. The van der Waals surface area contributed by atoms with E-state index in [0.29, 0.717) is 28.7 Å². The fraction of sp³-hybridized carbons (Fsp3) is 0.167. The largest absolute Gasteiger partial charge is 0.486 e. The summed E-state index contributed by atoms with van der Waals surface area (Å²) < 4.78 is 26.1. The van der Waals surface area contributed by atoms with E-state index in [2.05, 4.69) is 10.4 Å². The first-order valence-corrected chi connectivity index (χ1v) is 10.3. The Morgan fingerprint density at radius 2 is 1.97 bits per heavy atom. The Morgan fingerprint density at radius 3 is 2.75 bits per heavy atom. The number of rotatable bonds is 7. The second kappa shape index (κ2) is 9.28. The van der Waals surface area contributed by atoms with Gasteiger partial charge >= 0.3 is 0 Å².